The number of halogens is 1. The summed E-state index contributed by atoms with van der Waals surface area (Å²) in [6.45, 7) is 3.23. The van der Waals surface area contributed by atoms with Gasteiger partial charge in [-0.25, -0.2) is 4.39 Å². The zero-order chi connectivity index (χ0) is 18.7. The number of hydrogen-bond donors (Lipinski definition) is 1. The Bertz CT molecular complexity index is 793. The normalized spacial score (nSPS) is 19.1. The van der Waals surface area contributed by atoms with Crippen molar-refractivity contribution >= 4 is 5.97 Å². The molecule has 2 atom stereocenters. The number of hydrogen-bond acceptors (Lipinski definition) is 3. The zero-order valence-electron chi connectivity index (χ0n) is 15.1. The van der Waals surface area contributed by atoms with Gasteiger partial charge in [0.25, 0.3) is 0 Å². The lowest BCUT2D eigenvalue weighted by atomic mass is 9.89. The fourth-order valence-electron chi connectivity index (χ4n) is 3.82. The SMILES string of the molecule is COc1ccc(F)cc1C(c1ccccc1C)N1CCCC(C(=O)O)C1. The smallest absolute Gasteiger partial charge is 0.307 e. The van der Waals surface area contributed by atoms with E-state index < -0.39 is 11.9 Å². The van der Waals surface area contributed by atoms with Crippen molar-refractivity contribution in [3.63, 3.8) is 0 Å². The van der Waals surface area contributed by atoms with E-state index >= 15 is 0 Å². The molecule has 0 aromatic heterocycles. The van der Waals surface area contributed by atoms with Gasteiger partial charge in [0.05, 0.1) is 19.1 Å². The third-order valence-corrected chi connectivity index (χ3v) is 5.14. The number of aryl methyl sites for hydroxylation is 1. The summed E-state index contributed by atoms with van der Waals surface area (Å²) in [6.07, 6.45) is 1.48. The highest BCUT2D eigenvalue weighted by atomic mass is 19.1. The van der Waals surface area contributed by atoms with Gasteiger partial charge in [-0.3, -0.25) is 9.69 Å². The van der Waals surface area contributed by atoms with Crippen LogP contribution in [-0.2, 0) is 4.79 Å². The van der Waals surface area contributed by atoms with Crippen LogP contribution < -0.4 is 4.74 Å². The molecule has 0 aliphatic carbocycles. The highest BCUT2D eigenvalue weighted by molar-refractivity contribution is 5.70. The van der Waals surface area contributed by atoms with Gasteiger partial charge in [-0.2, -0.15) is 0 Å². The van der Waals surface area contributed by atoms with E-state index in [2.05, 4.69) is 4.90 Å². The average molecular weight is 357 g/mol. The summed E-state index contributed by atoms with van der Waals surface area (Å²) < 4.78 is 19.6. The first-order valence-electron chi connectivity index (χ1n) is 8.87. The van der Waals surface area contributed by atoms with E-state index in [9.17, 15) is 14.3 Å². The van der Waals surface area contributed by atoms with Crippen LogP contribution in [-0.4, -0.2) is 36.2 Å². The lowest BCUT2D eigenvalue weighted by Crippen LogP contribution is -2.41. The molecule has 0 spiro atoms. The molecule has 0 saturated carbocycles. The van der Waals surface area contributed by atoms with Crippen molar-refractivity contribution in [2.75, 3.05) is 20.2 Å². The molecule has 0 radical (unpaired) electrons. The van der Waals surface area contributed by atoms with Crippen molar-refractivity contribution in [2.24, 2.45) is 5.92 Å². The monoisotopic (exact) mass is 357 g/mol. The van der Waals surface area contributed by atoms with Crippen molar-refractivity contribution in [3.05, 3.63) is 65.0 Å². The van der Waals surface area contributed by atoms with Crippen molar-refractivity contribution in [1.82, 2.24) is 4.90 Å². The lowest BCUT2D eigenvalue weighted by Gasteiger charge is -2.38. The number of carboxylic acid groups (broad SMARTS) is 1. The Hall–Kier alpha value is -2.40. The molecule has 0 amide bonds. The van der Waals surface area contributed by atoms with Gasteiger partial charge in [-0.05, 0) is 55.6 Å². The molecule has 1 saturated heterocycles. The molecular formula is C21H24FNO3. The molecule has 1 heterocycles. The van der Waals surface area contributed by atoms with Gasteiger partial charge in [0.2, 0.25) is 0 Å². The third kappa shape index (κ3) is 3.73. The Labute approximate surface area is 153 Å². The fourth-order valence-corrected chi connectivity index (χ4v) is 3.82. The highest BCUT2D eigenvalue weighted by Gasteiger charge is 2.33. The van der Waals surface area contributed by atoms with Gasteiger partial charge in [0.1, 0.15) is 11.6 Å². The number of benzene rings is 2. The predicted molar refractivity (Wildman–Crippen MR) is 97.9 cm³/mol. The second-order valence-corrected chi connectivity index (χ2v) is 6.82. The van der Waals surface area contributed by atoms with Crippen LogP contribution in [0.5, 0.6) is 5.75 Å². The number of methoxy groups -OCH3 is 1. The number of piperidine rings is 1. The first-order valence-corrected chi connectivity index (χ1v) is 8.87. The van der Waals surface area contributed by atoms with Crippen LogP contribution in [0.4, 0.5) is 4.39 Å². The standard InChI is InChI=1S/C21H24FNO3/c1-14-6-3-4-8-17(14)20(18-12-16(22)9-10-19(18)26-2)23-11-5-7-15(13-23)21(24)25/h3-4,6,8-10,12,15,20H,5,7,11,13H2,1-2H3,(H,24,25). The Balaban J connectivity index is 2.10. The molecule has 1 N–H and O–H groups in total. The lowest BCUT2D eigenvalue weighted by molar-refractivity contribution is -0.143. The second-order valence-electron chi connectivity index (χ2n) is 6.82. The first kappa shape index (κ1) is 18.4. The van der Waals surface area contributed by atoms with E-state index in [-0.39, 0.29) is 11.9 Å². The Morgan fingerprint density at radius 1 is 1.27 bits per heavy atom. The average Bonchev–Trinajstić information content (AvgIpc) is 2.64. The quantitative estimate of drug-likeness (QED) is 0.878. The van der Waals surface area contributed by atoms with Gasteiger partial charge in [0.15, 0.2) is 0 Å². The second kappa shape index (κ2) is 7.87. The summed E-state index contributed by atoms with van der Waals surface area (Å²) in [7, 11) is 1.57. The molecule has 1 fully saturated rings. The zero-order valence-corrected chi connectivity index (χ0v) is 15.1. The highest BCUT2D eigenvalue weighted by Crippen LogP contribution is 2.38. The number of aliphatic carboxylic acids is 1. The number of carboxylic acids is 1. The van der Waals surface area contributed by atoms with Gasteiger partial charge in [-0.1, -0.05) is 24.3 Å². The van der Waals surface area contributed by atoms with Crippen LogP contribution in [0, 0.1) is 18.7 Å². The maximum atomic E-state index is 14.1. The minimum atomic E-state index is -0.774. The van der Waals surface area contributed by atoms with Crippen molar-refractivity contribution in [2.45, 2.75) is 25.8 Å². The summed E-state index contributed by atoms with van der Waals surface area (Å²) in [6, 6.07) is 12.2. The molecule has 5 heteroatoms. The predicted octanol–water partition coefficient (Wildman–Crippen LogP) is 4.03. The van der Waals surface area contributed by atoms with Crippen LogP contribution in [0.2, 0.25) is 0 Å². The molecular weight excluding hydrogens is 333 g/mol. The van der Waals surface area contributed by atoms with E-state index in [1.165, 1.54) is 12.1 Å². The van der Waals surface area contributed by atoms with Crippen molar-refractivity contribution < 1.29 is 19.0 Å². The van der Waals surface area contributed by atoms with E-state index in [0.717, 1.165) is 29.7 Å². The van der Waals surface area contributed by atoms with Gasteiger partial charge in [-0.15, -0.1) is 0 Å². The van der Waals surface area contributed by atoms with E-state index in [4.69, 9.17) is 4.74 Å². The van der Waals surface area contributed by atoms with Crippen LogP contribution in [0.25, 0.3) is 0 Å². The number of nitrogens with zero attached hydrogens (tertiary/aromatic N) is 1. The molecule has 3 rings (SSSR count). The van der Waals surface area contributed by atoms with Crippen molar-refractivity contribution in [3.8, 4) is 5.75 Å². The minimum Gasteiger partial charge on any atom is -0.496 e. The maximum Gasteiger partial charge on any atom is 0.307 e. The molecule has 2 aromatic rings. The molecule has 4 nitrogen and oxygen atoms in total. The fraction of sp³-hybridized carbons (Fsp3) is 0.381. The largest absolute Gasteiger partial charge is 0.496 e. The van der Waals surface area contributed by atoms with Crippen LogP contribution >= 0.6 is 0 Å². The number of likely N-dealkylation sites (tertiary alicyclic amines) is 1. The first-order chi connectivity index (χ1) is 12.5. The van der Waals surface area contributed by atoms with Gasteiger partial charge in [0, 0.05) is 12.1 Å². The molecule has 2 aromatic carbocycles. The summed E-state index contributed by atoms with van der Waals surface area (Å²) in [5.41, 5.74) is 2.86. The summed E-state index contributed by atoms with van der Waals surface area (Å²) in [4.78, 5) is 13.7. The van der Waals surface area contributed by atoms with Gasteiger partial charge < -0.3 is 9.84 Å². The van der Waals surface area contributed by atoms with Gasteiger partial charge >= 0.3 is 5.97 Å². The Morgan fingerprint density at radius 3 is 2.73 bits per heavy atom. The molecule has 2 unspecified atom stereocenters. The maximum absolute atomic E-state index is 14.1. The molecule has 26 heavy (non-hydrogen) atoms. The Morgan fingerprint density at radius 2 is 2.04 bits per heavy atom. The molecule has 1 aliphatic heterocycles. The van der Waals surface area contributed by atoms with E-state index in [0.29, 0.717) is 18.7 Å². The van der Waals surface area contributed by atoms with Crippen LogP contribution in [0.15, 0.2) is 42.5 Å². The van der Waals surface area contributed by atoms with E-state index in [1.807, 2.05) is 31.2 Å². The summed E-state index contributed by atoms with van der Waals surface area (Å²) in [5, 5.41) is 9.47. The van der Waals surface area contributed by atoms with Crippen molar-refractivity contribution in [1.29, 1.82) is 0 Å². The third-order valence-electron chi connectivity index (χ3n) is 5.14. The van der Waals surface area contributed by atoms with Crippen LogP contribution in [0.3, 0.4) is 0 Å². The minimum absolute atomic E-state index is 0.246. The number of ether oxygens (including phenoxy) is 1. The van der Waals surface area contributed by atoms with E-state index in [1.54, 1.807) is 13.2 Å². The summed E-state index contributed by atoms with van der Waals surface area (Å²) >= 11 is 0. The topological polar surface area (TPSA) is 49.8 Å². The number of rotatable bonds is 5. The molecule has 0 bridgehead atoms. The number of carbonyl (C=O) groups is 1. The molecule has 1 aliphatic rings. The molecule has 138 valence electrons. The van der Waals surface area contributed by atoms with Crippen LogP contribution in [0.1, 0.15) is 35.6 Å². The summed E-state index contributed by atoms with van der Waals surface area (Å²) in [5.74, 6) is -0.900. The Kier molecular flexibility index (Phi) is 5.57.